The number of aliphatic hydroxyl groups excluding tert-OH is 3. The van der Waals surface area contributed by atoms with Crippen LogP contribution in [0.5, 0.6) is 0 Å². The number of ether oxygens (including phenoxy) is 1. The second-order valence-corrected chi connectivity index (χ2v) is 6.58. The molecular formula is C19H38O5. The molecule has 0 saturated carbocycles. The van der Waals surface area contributed by atoms with Gasteiger partial charge in [0, 0.05) is 6.61 Å². The lowest BCUT2D eigenvalue weighted by Crippen LogP contribution is -2.21. The zero-order valence-corrected chi connectivity index (χ0v) is 15.3. The summed E-state index contributed by atoms with van der Waals surface area (Å²) in [6.07, 6.45) is 16.2. The minimum absolute atomic E-state index is 0.209. The first-order chi connectivity index (χ1) is 11.8. The molecule has 0 rings (SSSR count). The summed E-state index contributed by atoms with van der Waals surface area (Å²) in [5.74, 6) is -0.995. The fourth-order valence-corrected chi connectivity index (χ4v) is 2.91. The van der Waals surface area contributed by atoms with Crippen molar-refractivity contribution in [2.45, 2.75) is 89.9 Å². The van der Waals surface area contributed by atoms with Crippen molar-refractivity contribution in [1.82, 2.24) is 0 Å². The molecule has 0 amide bonds. The summed E-state index contributed by atoms with van der Waals surface area (Å²) in [6, 6.07) is 0. The highest BCUT2D eigenvalue weighted by atomic mass is 16.6. The van der Waals surface area contributed by atoms with Crippen molar-refractivity contribution in [1.29, 1.82) is 0 Å². The van der Waals surface area contributed by atoms with Crippen molar-refractivity contribution in [2.75, 3.05) is 20.0 Å². The van der Waals surface area contributed by atoms with E-state index >= 15 is 0 Å². The molecule has 24 heavy (non-hydrogen) atoms. The molecule has 0 fully saturated rings. The van der Waals surface area contributed by atoms with Crippen LogP contribution in [0.15, 0.2) is 0 Å². The number of carbonyl (C=O) groups excluding carboxylic acids is 1. The van der Waals surface area contributed by atoms with E-state index in [1.807, 2.05) is 0 Å². The maximum absolute atomic E-state index is 11.4. The number of esters is 1. The maximum Gasteiger partial charge on any atom is 0.313 e. The zero-order chi connectivity index (χ0) is 17.9. The van der Waals surface area contributed by atoms with Gasteiger partial charge in [0.05, 0.1) is 12.5 Å². The van der Waals surface area contributed by atoms with Gasteiger partial charge < -0.3 is 20.1 Å². The van der Waals surface area contributed by atoms with Crippen LogP contribution in [0, 0.1) is 5.92 Å². The van der Waals surface area contributed by atoms with Gasteiger partial charge in [-0.15, -0.1) is 0 Å². The molecule has 144 valence electrons. The molecule has 0 bridgehead atoms. The van der Waals surface area contributed by atoms with Crippen molar-refractivity contribution < 1.29 is 24.9 Å². The van der Waals surface area contributed by atoms with Crippen LogP contribution in [-0.4, -0.2) is 41.3 Å². The second-order valence-electron chi connectivity index (χ2n) is 6.58. The van der Waals surface area contributed by atoms with Crippen LogP contribution in [0.2, 0.25) is 0 Å². The van der Waals surface area contributed by atoms with Crippen molar-refractivity contribution in [3.8, 4) is 0 Å². The van der Waals surface area contributed by atoms with E-state index in [2.05, 4.69) is 4.74 Å². The monoisotopic (exact) mass is 346 g/mol. The van der Waals surface area contributed by atoms with E-state index in [1.165, 1.54) is 57.8 Å². The Morgan fingerprint density at radius 2 is 1.08 bits per heavy atom. The summed E-state index contributed by atoms with van der Waals surface area (Å²) in [5.41, 5.74) is 0. The molecule has 0 aromatic rings. The molecule has 5 nitrogen and oxygen atoms in total. The summed E-state index contributed by atoms with van der Waals surface area (Å²) >= 11 is 0. The molecule has 0 aliphatic rings. The third-order valence-electron chi connectivity index (χ3n) is 4.47. The van der Waals surface area contributed by atoms with Gasteiger partial charge in [-0.2, -0.15) is 0 Å². The van der Waals surface area contributed by atoms with E-state index in [4.69, 9.17) is 15.3 Å². The van der Waals surface area contributed by atoms with Gasteiger partial charge in [0.1, 0.15) is 0 Å². The van der Waals surface area contributed by atoms with Crippen molar-refractivity contribution in [3.63, 3.8) is 0 Å². The summed E-state index contributed by atoms with van der Waals surface area (Å²) in [6.45, 7) is -0.496. The van der Waals surface area contributed by atoms with Gasteiger partial charge in [-0.05, 0) is 12.8 Å². The fraction of sp³-hybridized carbons (Fsp3) is 0.947. The number of hydrogen-bond donors (Lipinski definition) is 3. The van der Waals surface area contributed by atoms with E-state index in [9.17, 15) is 4.79 Å². The van der Waals surface area contributed by atoms with E-state index in [1.54, 1.807) is 0 Å². The molecule has 0 aliphatic heterocycles. The molecule has 0 aliphatic carbocycles. The van der Waals surface area contributed by atoms with Gasteiger partial charge in [-0.3, -0.25) is 4.79 Å². The Labute approximate surface area is 147 Å². The highest BCUT2D eigenvalue weighted by Gasteiger charge is 2.18. The zero-order valence-electron chi connectivity index (χ0n) is 15.3. The number of unbranched alkanes of at least 4 members (excludes halogenated alkanes) is 12. The topological polar surface area (TPSA) is 87.0 Å². The number of carbonyl (C=O) groups is 1. The molecule has 0 spiro atoms. The molecule has 0 heterocycles. The van der Waals surface area contributed by atoms with Crippen LogP contribution in [0.25, 0.3) is 0 Å². The molecule has 0 saturated heterocycles. The van der Waals surface area contributed by atoms with Gasteiger partial charge in [0.15, 0.2) is 6.79 Å². The molecule has 5 heteroatoms. The third kappa shape index (κ3) is 14.9. The van der Waals surface area contributed by atoms with E-state index in [-0.39, 0.29) is 6.61 Å². The van der Waals surface area contributed by atoms with Gasteiger partial charge in [-0.1, -0.05) is 77.0 Å². The van der Waals surface area contributed by atoms with Gasteiger partial charge in [0.2, 0.25) is 0 Å². The molecular weight excluding hydrogens is 308 g/mol. The minimum atomic E-state index is -0.613. The first-order valence-corrected chi connectivity index (χ1v) is 9.75. The van der Waals surface area contributed by atoms with Crippen LogP contribution in [0.3, 0.4) is 0 Å². The Morgan fingerprint density at radius 1 is 0.667 bits per heavy atom. The first-order valence-electron chi connectivity index (χ1n) is 9.75. The average molecular weight is 347 g/mol. The smallest absolute Gasteiger partial charge is 0.313 e. The lowest BCUT2D eigenvalue weighted by atomic mass is 10.0. The van der Waals surface area contributed by atoms with Crippen molar-refractivity contribution in [2.24, 2.45) is 5.92 Å². The van der Waals surface area contributed by atoms with Crippen LogP contribution in [-0.2, 0) is 9.53 Å². The largest absolute Gasteiger partial charge is 0.438 e. The van der Waals surface area contributed by atoms with Crippen LogP contribution >= 0.6 is 0 Å². The van der Waals surface area contributed by atoms with Crippen LogP contribution in [0.4, 0.5) is 0 Å². The predicted molar refractivity (Wildman–Crippen MR) is 95.5 cm³/mol. The molecule has 3 N–H and O–H groups in total. The Balaban J connectivity index is 3.26. The van der Waals surface area contributed by atoms with Gasteiger partial charge >= 0.3 is 5.97 Å². The van der Waals surface area contributed by atoms with Crippen molar-refractivity contribution in [3.05, 3.63) is 0 Å². The summed E-state index contributed by atoms with van der Waals surface area (Å²) in [4.78, 5) is 11.4. The summed E-state index contributed by atoms with van der Waals surface area (Å²) in [7, 11) is 0. The van der Waals surface area contributed by atoms with Crippen molar-refractivity contribution >= 4 is 5.97 Å². The van der Waals surface area contributed by atoms with E-state index < -0.39 is 18.7 Å². The molecule has 0 radical (unpaired) electrons. The fourth-order valence-electron chi connectivity index (χ4n) is 2.91. The number of aliphatic hydroxyl groups is 3. The van der Waals surface area contributed by atoms with Crippen LogP contribution in [0.1, 0.15) is 89.9 Å². The van der Waals surface area contributed by atoms with Gasteiger partial charge in [-0.25, -0.2) is 0 Å². The predicted octanol–water partition coefficient (Wildman–Crippen LogP) is 3.54. The Hall–Kier alpha value is -0.650. The number of hydrogen-bond acceptors (Lipinski definition) is 5. The minimum Gasteiger partial charge on any atom is -0.438 e. The second kappa shape index (κ2) is 18.7. The number of rotatable bonds is 18. The average Bonchev–Trinajstić information content (AvgIpc) is 2.58. The van der Waals surface area contributed by atoms with E-state index in [0.29, 0.717) is 13.0 Å². The lowest BCUT2D eigenvalue weighted by Gasteiger charge is -2.11. The highest BCUT2D eigenvalue weighted by Crippen LogP contribution is 2.15. The third-order valence-corrected chi connectivity index (χ3v) is 4.47. The summed E-state index contributed by atoms with van der Waals surface area (Å²) in [5, 5.41) is 26.4. The maximum atomic E-state index is 11.4. The highest BCUT2D eigenvalue weighted by molar-refractivity contribution is 5.72. The standard InChI is InChI=1S/C19H38O5/c20-15-13-11-9-7-5-3-1-2-4-6-8-10-12-14-18(16-21)19(23)24-17-22/h18,20-22H,1-17H2. The Bertz CT molecular complexity index is 270. The SMILES string of the molecule is O=C(OCO)C(CO)CCCCCCCCCCCCCCCO. The molecule has 0 aromatic heterocycles. The first kappa shape index (κ1) is 23.4. The molecule has 1 unspecified atom stereocenters. The van der Waals surface area contributed by atoms with E-state index in [0.717, 1.165) is 25.7 Å². The quantitative estimate of drug-likeness (QED) is 0.201. The Morgan fingerprint density at radius 3 is 1.46 bits per heavy atom. The molecule has 0 aromatic carbocycles. The Kier molecular flexibility index (Phi) is 18.2. The van der Waals surface area contributed by atoms with Crippen LogP contribution < -0.4 is 0 Å². The molecule has 1 atom stereocenters. The lowest BCUT2D eigenvalue weighted by molar-refractivity contribution is -0.158. The normalized spacial score (nSPS) is 12.3. The summed E-state index contributed by atoms with van der Waals surface area (Å²) < 4.78 is 4.51. The van der Waals surface area contributed by atoms with Gasteiger partial charge in [0.25, 0.3) is 0 Å².